The lowest BCUT2D eigenvalue weighted by Crippen LogP contribution is -2.29. The summed E-state index contributed by atoms with van der Waals surface area (Å²) in [6.07, 6.45) is 0. The first-order chi connectivity index (χ1) is 39.7. The first-order valence-corrected chi connectivity index (χ1v) is 28.6. The van der Waals surface area contributed by atoms with Crippen molar-refractivity contribution in [3.63, 3.8) is 0 Å². The minimum absolute atomic E-state index is 0.186. The number of nitrogens with zero attached hydrogens (tertiary/aromatic N) is 2. The van der Waals surface area contributed by atoms with Crippen LogP contribution in [-0.2, 0) is 16.2 Å². The molecule has 3 aliphatic rings. The van der Waals surface area contributed by atoms with Crippen LogP contribution in [0.3, 0.4) is 0 Å². The largest absolute Gasteiger partial charge is 0.310 e. The second-order valence-electron chi connectivity index (χ2n) is 23.5. The summed E-state index contributed by atoms with van der Waals surface area (Å²) in [6, 6.07) is 105. The standard InChI is InChI=1S/C79H58N2/c1-77(2)67-34-18-15-30-60(67)62-43-40-55(48-71(62)77)80(56-41-44-63-61-31-16-19-35-68(61)78(3,4)72(63)49-56)57-42-45-65-73(50-57)79(53-25-10-6-11-26-53,69-36-20-14-29-58(69)51-23-8-5-9-24-51)70-37-22-33-59(76(65)70)52-39-46-75-66(47-52)64-32-17-21-38-74(64)81(75)54-27-12-7-13-28-54/h5-50H,1-4H3. The maximum Gasteiger partial charge on any atom is 0.0720 e. The predicted molar refractivity (Wildman–Crippen MR) is 339 cm³/mol. The highest BCUT2D eigenvalue weighted by molar-refractivity contribution is 6.11. The van der Waals surface area contributed by atoms with Crippen molar-refractivity contribution in [2.75, 3.05) is 4.90 Å². The van der Waals surface area contributed by atoms with Gasteiger partial charge in [-0.15, -0.1) is 0 Å². The Hall–Kier alpha value is -9.76. The van der Waals surface area contributed by atoms with E-state index >= 15 is 0 Å². The van der Waals surface area contributed by atoms with Gasteiger partial charge >= 0.3 is 0 Å². The lowest BCUT2D eigenvalue weighted by atomic mass is 9.65. The second-order valence-corrected chi connectivity index (χ2v) is 23.5. The van der Waals surface area contributed by atoms with E-state index in [1.807, 2.05) is 0 Å². The maximum atomic E-state index is 2.56. The average molecular weight is 1040 g/mol. The number of hydrogen-bond acceptors (Lipinski definition) is 1. The minimum atomic E-state index is -0.743. The zero-order valence-electron chi connectivity index (χ0n) is 46.0. The Morgan fingerprint density at radius 2 is 0.753 bits per heavy atom. The van der Waals surface area contributed by atoms with Crippen molar-refractivity contribution >= 4 is 38.9 Å². The molecule has 81 heavy (non-hydrogen) atoms. The minimum Gasteiger partial charge on any atom is -0.310 e. The summed E-state index contributed by atoms with van der Waals surface area (Å²) >= 11 is 0. The van der Waals surface area contributed by atoms with Crippen LogP contribution in [0.15, 0.2) is 279 Å². The number of rotatable bonds is 8. The molecule has 1 unspecified atom stereocenters. The topological polar surface area (TPSA) is 8.17 Å². The van der Waals surface area contributed by atoms with E-state index in [1.165, 1.54) is 122 Å². The summed E-state index contributed by atoms with van der Waals surface area (Å²) in [5, 5.41) is 2.47. The number of aromatic nitrogens is 1. The average Bonchev–Trinajstić information content (AvgIpc) is 2.40. The quantitative estimate of drug-likeness (QED) is 0.147. The summed E-state index contributed by atoms with van der Waals surface area (Å²) in [4.78, 5) is 2.55. The number of fused-ring (bicyclic) bond motifs is 12. The van der Waals surface area contributed by atoms with E-state index in [-0.39, 0.29) is 10.8 Å². The van der Waals surface area contributed by atoms with Gasteiger partial charge in [-0.3, -0.25) is 0 Å². The lowest BCUT2D eigenvalue weighted by Gasteiger charge is -2.36. The van der Waals surface area contributed by atoms with Crippen LogP contribution in [0.25, 0.3) is 83.1 Å². The van der Waals surface area contributed by atoms with Crippen LogP contribution in [0.4, 0.5) is 17.1 Å². The Kier molecular flexibility index (Phi) is 10.3. The Labute approximate surface area is 474 Å². The fourth-order valence-corrected chi connectivity index (χ4v) is 15.0. The van der Waals surface area contributed by atoms with E-state index < -0.39 is 5.41 Å². The van der Waals surface area contributed by atoms with Crippen molar-refractivity contribution in [2.24, 2.45) is 0 Å². The van der Waals surface area contributed by atoms with Gasteiger partial charge in [-0.2, -0.15) is 0 Å². The first kappa shape index (κ1) is 47.3. The smallest absolute Gasteiger partial charge is 0.0720 e. The van der Waals surface area contributed by atoms with Gasteiger partial charge in [0.2, 0.25) is 0 Å². The van der Waals surface area contributed by atoms with E-state index in [4.69, 9.17) is 0 Å². The third-order valence-corrected chi connectivity index (χ3v) is 18.7. The van der Waals surface area contributed by atoms with Crippen molar-refractivity contribution < 1.29 is 0 Å². The van der Waals surface area contributed by atoms with Crippen molar-refractivity contribution in [1.82, 2.24) is 4.57 Å². The molecule has 1 aromatic heterocycles. The van der Waals surface area contributed by atoms with Crippen molar-refractivity contribution in [3.8, 4) is 61.3 Å². The van der Waals surface area contributed by atoms with Gasteiger partial charge in [-0.25, -0.2) is 0 Å². The molecule has 3 aliphatic carbocycles. The normalized spacial score (nSPS) is 15.7. The van der Waals surface area contributed by atoms with Crippen LogP contribution >= 0.6 is 0 Å². The molecule has 0 N–H and O–H groups in total. The summed E-state index contributed by atoms with van der Waals surface area (Å²) in [6.45, 7) is 9.57. The van der Waals surface area contributed by atoms with Crippen LogP contribution in [0.1, 0.15) is 72.2 Å². The third-order valence-electron chi connectivity index (χ3n) is 18.7. The van der Waals surface area contributed by atoms with Crippen LogP contribution in [-0.4, -0.2) is 4.57 Å². The highest BCUT2D eigenvalue weighted by atomic mass is 15.1. The van der Waals surface area contributed by atoms with E-state index in [0.29, 0.717) is 0 Å². The molecule has 13 aromatic rings. The fraction of sp³-hybridized carbons (Fsp3) is 0.0886. The van der Waals surface area contributed by atoms with Gasteiger partial charge < -0.3 is 9.47 Å². The van der Waals surface area contributed by atoms with Crippen LogP contribution < -0.4 is 4.90 Å². The molecular formula is C79H58N2. The van der Waals surface area contributed by atoms with Gasteiger partial charge in [-0.1, -0.05) is 240 Å². The summed E-state index contributed by atoms with van der Waals surface area (Å²) in [5.74, 6) is 0. The van der Waals surface area contributed by atoms with Gasteiger partial charge in [-0.05, 0) is 167 Å². The summed E-state index contributed by atoms with van der Waals surface area (Å²) in [7, 11) is 0. The molecule has 384 valence electrons. The lowest BCUT2D eigenvalue weighted by molar-refractivity contribution is 0.660. The zero-order valence-corrected chi connectivity index (χ0v) is 46.0. The Morgan fingerprint density at radius 1 is 0.284 bits per heavy atom. The van der Waals surface area contributed by atoms with Crippen LogP contribution in [0.5, 0.6) is 0 Å². The highest BCUT2D eigenvalue weighted by Crippen LogP contribution is 2.62. The molecule has 0 amide bonds. The highest BCUT2D eigenvalue weighted by Gasteiger charge is 2.49. The molecular weight excluding hydrogens is 977 g/mol. The molecule has 1 heterocycles. The summed E-state index contributed by atoms with van der Waals surface area (Å²) in [5.41, 5.74) is 28.8. The Bertz CT molecular complexity index is 4590. The number of benzene rings is 12. The van der Waals surface area contributed by atoms with Gasteiger partial charge in [0.15, 0.2) is 0 Å². The molecule has 0 bridgehead atoms. The molecule has 0 saturated carbocycles. The SMILES string of the molecule is CC1(C)c2ccccc2-c2ccc(N(c3ccc4c(c3)C(C)(C)c3ccccc3-4)c3ccc4c(c3)C(c3ccccc3)(c3ccccc3-c3ccccc3)c3cccc(-c5ccc6c(c5)c5ccccc5n6-c5ccccc5)c3-4)cc21. The maximum absolute atomic E-state index is 2.56. The van der Waals surface area contributed by atoms with E-state index in [9.17, 15) is 0 Å². The zero-order chi connectivity index (χ0) is 54.2. The van der Waals surface area contributed by atoms with Crippen molar-refractivity contribution in [3.05, 3.63) is 324 Å². The van der Waals surface area contributed by atoms with Crippen LogP contribution in [0.2, 0.25) is 0 Å². The fourth-order valence-electron chi connectivity index (χ4n) is 15.0. The second kappa shape index (κ2) is 17.6. The summed E-state index contributed by atoms with van der Waals surface area (Å²) < 4.78 is 2.41. The molecule has 2 heteroatoms. The van der Waals surface area contributed by atoms with Gasteiger partial charge in [0, 0.05) is 44.4 Å². The molecule has 1 atom stereocenters. The molecule has 12 aromatic carbocycles. The molecule has 0 saturated heterocycles. The Morgan fingerprint density at radius 3 is 1.40 bits per heavy atom. The van der Waals surface area contributed by atoms with Crippen LogP contribution in [0, 0.1) is 0 Å². The number of anilines is 3. The van der Waals surface area contributed by atoms with Gasteiger partial charge in [0.25, 0.3) is 0 Å². The number of para-hydroxylation sites is 2. The Balaban J connectivity index is 0.982. The molecule has 16 rings (SSSR count). The van der Waals surface area contributed by atoms with Gasteiger partial charge in [0.1, 0.15) is 0 Å². The molecule has 2 nitrogen and oxygen atoms in total. The monoisotopic (exact) mass is 1030 g/mol. The van der Waals surface area contributed by atoms with E-state index in [2.05, 4.69) is 316 Å². The van der Waals surface area contributed by atoms with Gasteiger partial charge in [0.05, 0.1) is 16.4 Å². The molecule has 0 radical (unpaired) electrons. The van der Waals surface area contributed by atoms with Crippen molar-refractivity contribution in [1.29, 1.82) is 0 Å². The third kappa shape index (κ3) is 6.74. The van der Waals surface area contributed by atoms with E-state index in [1.54, 1.807) is 0 Å². The molecule has 0 spiro atoms. The predicted octanol–water partition coefficient (Wildman–Crippen LogP) is 20.6. The molecule has 0 aliphatic heterocycles. The number of hydrogen-bond donors (Lipinski definition) is 0. The van der Waals surface area contributed by atoms with Crippen molar-refractivity contribution in [2.45, 2.75) is 43.9 Å². The molecule has 0 fully saturated rings. The van der Waals surface area contributed by atoms with E-state index in [0.717, 1.165) is 22.7 Å². The first-order valence-electron chi connectivity index (χ1n) is 28.6.